The van der Waals surface area contributed by atoms with Crippen LogP contribution in [0.25, 0.3) is 0 Å². The fourth-order valence-electron chi connectivity index (χ4n) is 4.09. The lowest BCUT2D eigenvalue weighted by molar-refractivity contribution is 0.199. The summed E-state index contributed by atoms with van der Waals surface area (Å²) in [7, 11) is 0. The molecule has 126 valence electrons. The van der Waals surface area contributed by atoms with Crippen molar-refractivity contribution in [3.8, 4) is 0 Å². The van der Waals surface area contributed by atoms with Gasteiger partial charge in [0.1, 0.15) is 0 Å². The van der Waals surface area contributed by atoms with E-state index in [1.54, 1.807) is 0 Å². The van der Waals surface area contributed by atoms with Crippen LogP contribution < -0.4 is 5.32 Å². The van der Waals surface area contributed by atoms with E-state index < -0.39 is 0 Å². The zero-order chi connectivity index (χ0) is 16.5. The van der Waals surface area contributed by atoms with Gasteiger partial charge in [-0.1, -0.05) is 25.3 Å². The van der Waals surface area contributed by atoms with E-state index >= 15 is 0 Å². The predicted octanol–water partition coefficient (Wildman–Crippen LogP) is 4.76. The standard InChI is InChI=1S/C19H23N3S2/c1-13-10-12-24-18(13)17-16(15-9-5-6-11-20-15)21-19(23)22(17)14-7-3-2-4-8-14/h5-6,9-12,14,16-17H,2-4,7-8H2,1H3,(H,21,23)/t16-,17+/m1/s1. The van der Waals surface area contributed by atoms with Crippen LogP contribution in [-0.4, -0.2) is 21.0 Å². The molecule has 0 bridgehead atoms. The lowest BCUT2D eigenvalue weighted by Crippen LogP contribution is -2.40. The molecule has 2 fully saturated rings. The first-order chi connectivity index (χ1) is 11.8. The summed E-state index contributed by atoms with van der Waals surface area (Å²) in [6, 6.07) is 9.32. The maximum Gasteiger partial charge on any atom is 0.170 e. The minimum Gasteiger partial charge on any atom is -0.352 e. The first-order valence-corrected chi connectivity index (χ1v) is 10.1. The Balaban J connectivity index is 1.75. The number of aryl methyl sites for hydroxylation is 1. The highest BCUT2D eigenvalue weighted by atomic mass is 32.1. The molecule has 2 aliphatic rings. The van der Waals surface area contributed by atoms with E-state index in [1.165, 1.54) is 42.5 Å². The molecule has 2 aromatic rings. The van der Waals surface area contributed by atoms with Crippen LogP contribution in [0.3, 0.4) is 0 Å². The number of hydrogen-bond donors (Lipinski definition) is 1. The zero-order valence-corrected chi connectivity index (χ0v) is 15.6. The van der Waals surface area contributed by atoms with Gasteiger partial charge in [-0.2, -0.15) is 0 Å². The summed E-state index contributed by atoms with van der Waals surface area (Å²) in [5.41, 5.74) is 2.44. The van der Waals surface area contributed by atoms with Gasteiger partial charge in [-0.15, -0.1) is 11.3 Å². The molecular formula is C19H23N3S2. The van der Waals surface area contributed by atoms with Crippen molar-refractivity contribution in [2.24, 2.45) is 0 Å². The summed E-state index contributed by atoms with van der Waals surface area (Å²) >= 11 is 7.63. The largest absolute Gasteiger partial charge is 0.352 e. The van der Waals surface area contributed by atoms with Gasteiger partial charge in [0.25, 0.3) is 0 Å². The summed E-state index contributed by atoms with van der Waals surface area (Å²) in [6.07, 6.45) is 8.36. The lowest BCUT2D eigenvalue weighted by Gasteiger charge is -2.37. The quantitative estimate of drug-likeness (QED) is 0.802. The SMILES string of the molecule is Cc1ccsc1[C@@H]1[C@@H](c2ccccn2)NC(=S)N1C1CCCCC1. The average Bonchev–Trinajstić information content (AvgIpc) is 3.19. The predicted molar refractivity (Wildman–Crippen MR) is 103 cm³/mol. The number of thiocarbonyl (C=S) groups is 1. The Morgan fingerprint density at radius 1 is 1.21 bits per heavy atom. The first kappa shape index (κ1) is 16.0. The Morgan fingerprint density at radius 2 is 2.04 bits per heavy atom. The second-order valence-electron chi connectivity index (χ2n) is 6.79. The average molecular weight is 358 g/mol. The van der Waals surface area contributed by atoms with Gasteiger partial charge in [0.05, 0.1) is 17.8 Å². The van der Waals surface area contributed by atoms with Gasteiger partial charge in [-0.05, 0) is 61.1 Å². The van der Waals surface area contributed by atoms with Crippen LogP contribution in [0.5, 0.6) is 0 Å². The normalized spacial score (nSPS) is 25.0. The molecule has 4 rings (SSSR count). The van der Waals surface area contributed by atoms with Gasteiger partial charge in [-0.3, -0.25) is 4.98 Å². The van der Waals surface area contributed by atoms with E-state index in [-0.39, 0.29) is 12.1 Å². The van der Waals surface area contributed by atoms with Crippen LogP contribution in [0.1, 0.15) is 60.3 Å². The van der Waals surface area contributed by atoms with Crippen LogP contribution in [0.4, 0.5) is 0 Å². The third-order valence-corrected chi connectivity index (χ3v) is 6.69. The second-order valence-corrected chi connectivity index (χ2v) is 8.13. The Kier molecular flexibility index (Phi) is 4.55. The molecule has 5 heteroatoms. The Labute approximate surface area is 153 Å². The molecule has 0 spiro atoms. The van der Waals surface area contributed by atoms with Crippen molar-refractivity contribution in [3.05, 3.63) is 52.0 Å². The minimum atomic E-state index is 0.137. The molecule has 24 heavy (non-hydrogen) atoms. The van der Waals surface area contributed by atoms with Crippen molar-refractivity contribution in [2.75, 3.05) is 0 Å². The van der Waals surface area contributed by atoms with Crippen LogP contribution in [0, 0.1) is 6.92 Å². The summed E-state index contributed by atoms with van der Waals surface area (Å²) in [5, 5.41) is 6.68. The summed E-state index contributed by atoms with van der Waals surface area (Å²) < 4.78 is 0. The van der Waals surface area contributed by atoms with E-state index in [0.29, 0.717) is 6.04 Å². The third-order valence-electron chi connectivity index (χ3n) is 5.27. The highest BCUT2D eigenvalue weighted by Gasteiger charge is 2.44. The number of nitrogens with zero attached hydrogens (tertiary/aromatic N) is 2. The molecule has 3 nitrogen and oxygen atoms in total. The maximum atomic E-state index is 5.78. The molecule has 0 radical (unpaired) electrons. The number of aromatic nitrogens is 1. The number of thiophene rings is 1. The Bertz CT molecular complexity index is 706. The van der Waals surface area contributed by atoms with Crippen molar-refractivity contribution < 1.29 is 0 Å². The highest BCUT2D eigenvalue weighted by Crippen LogP contribution is 2.44. The second kappa shape index (κ2) is 6.81. The van der Waals surface area contributed by atoms with E-state index in [2.05, 4.69) is 45.7 Å². The van der Waals surface area contributed by atoms with Crippen LogP contribution in [0.2, 0.25) is 0 Å². The molecule has 1 saturated heterocycles. The van der Waals surface area contributed by atoms with Gasteiger partial charge >= 0.3 is 0 Å². The van der Waals surface area contributed by atoms with Gasteiger partial charge in [0, 0.05) is 17.1 Å². The smallest absolute Gasteiger partial charge is 0.170 e. The van der Waals surface area contributed by atoms with Gasteiger partial charge in [-0.25, -0.2) is 0 Å². The lowest BCUT2D eigenvalue weighted by atomic mass is 9.92. The van der Waals surface area contributed by atoms with Crippen LogP contribution in [-0.2, 0) is 0 Å². The number of nitrogens with one attached hydrogen (secondary N) is 1. The van der Waals surface area contributed by atoms with Crippen molar-refractivity contribution in [2.45, 2.75) is 57.2 Å². The summed E-state index contributed by atoms with van der Waals surface area (Å²) in [5.74, 6) is 0. The number of hydrogen-bond acceptors (Lipinski definition) is 3. The van der Waals surface area contributed by atoms with E-state index in [9.17, 15) is 0 Å². The van der Waals surface area contributed by atoms with Gasteiger partial charge in [0.15, 0.2) is 5.11 Å². The molecule has 1 N–H and O–H groups in total. The summed E-state index contributed by atoms with van der Waals surface area (Å²) in [4.78, 5) is 8.53. The van der Waals surface area contributed by atoms with Gasteiger partial charge < -0.3 is 10.2 Å². The van der Waals surface area contributed by atoms with E-state index in [4.69, 9.17) is 12.2 Å². The minimum absolute atomic E-state index is 0.137. The van der Waals surface area contributed by atoms with E-state index in [0.717, 1.165) is 10.8 Å². The van der Waals surface area contributed by atoms with Gasteiger partial charge in [0.2, 0.25) is 0 Å². The van der Waals surface area contributed by atoms with Crippen molar-refractivity contribution in [3.63, 3.8) is 0 Å². The molecule has 0 amide bonds. The van der Waals surface area contributed by atoms with Crippen molar-refractivity contribution >= 4 is 28.7 Å². The summed E-state index contributed by atoms with van der Waals surface area (Å²) in [6.45, 7) is 2.21. The Morgan fingerprint density at radius 3 is 2.71 bits per heavy atom. The molecule has 0 aromatic carbocycles. The van der Waals surface area contributed by atoms with Crippen molar-refractivity contribution in [1.82, 2.24) is 15.2 Å². The Hall–Kier alpha value is -1.46. The molecule has 1 aliphatic carbocycles. The highest BCUT2D eigenvalue weighted by molar-refractivity contribution is 7.80. The molecule has 3 heterocycles. The first-order valence-electron chi connectivity index (χ1n) is 8.79. The molecule has 2 aromatic heterocycles. The van der Waals surface area contributed by atoms with Crippen LogP contribution in [0.15, 0.2) is 35.8 Å². The maximum absolute atomic E-state index is 5.78. The fraction of sp³-hybridized carbons (Fsp3) is 0.474. The number of rotatable bonds is 3. The molecule has 0 unspecified atom stereocenters. The fourth-order valence-corrected chi connectivity index (χ4v) is 5.54. The monoisotopic (exact) mass is 357 g/mol. The molecule has 1 saturated carbocycles. The van der Waals surface area contributed by atoms with Crippen molar-refractivity contribution in [1.29, 1.82) is 0 Å². The molecule has 1 aliphatic heterocycles. The third kappa shape index (κ3) is 2.84. The molecule has 2 atom stereocenters. The zero-order valence-electron chi connectivity index (χ0n) is 13.9. The molecular weight excluding hydrogens is 334 g/mol. The van der Waals surface area contributed by atoms with E-state index in [1.807, 2.05) is 23.6 Å². The topological polar surface area (TPSA) is 28.2 Å². The number of pyridine rings is 1. The van der Waals surface area contributed by atoms with Crippen LogP contribution >= 0.6 is 23.6 Å².